The third-order valence-corrected chi connectivity index (χ3v) is 3.82. The minimum Gasteiger partial charge on any atom is -0.349 e. The van der Waals surface area contributed by atoms with E-state index in [2.05, 4.69) is 15.6 Å². The van der Waals surface area contributed by atoms with Crippen LogP contribution in [-0.4, -0.2) is 16.9 Å². The Kier molecular flexibility index (Phi) is 4.36. The Morgan fingerprint density at radius 3 is 2.54 bits per heavy atom. The highest BCUT2D eigenvalue weighted by Gasteiger charge is 2.31. The van der Waals surface area contributed by atoms with Crippen molar-refractivity contribution in [1.29, 1.82) is 0 Å². The van der Waals surface area contributed by atoms with Crippen molar-refractivity contribution in [2.75, 3.05) is 5.32 Å². The summed E-state index contributed by atoms with van der Waals surface area (Å²) in [4.78, 5) is 15.9. The molecule has 0 aliphatic heterocycles. The number of carbonyl (C=O) groups is 1. The summed E-state index contributed by atoms with van der Waals surface area (Å²) < 4.78 is 38.3. The number of hydrogen-bond acceptors (Lipinski definition) is 3. The van der Waals surface area contributed by atoms with Gasteiger partial charge in [-0.1, -0.05) is 11.6 Å². The molecule has 1 aromatic carbocycles. The lowest BCUT2D eigenvalue weighted by Gasteiger charge is -2.12. The van der Waals surface area contributed by atoms with Crippen molar-refractivity contribution in [2.24, 2.45) is 0 Å². The lowest BCUT2D eigenvalue weighted by Crippen LogP contribution is -2.25. The Balaban J connectivity index is 1.75. The Morgan fingerprint density at radius 1 is 1.21 bits per heavy atom. The van der Waals surface area contributed by atoms with Gasteiger partial charge < -0.3 is 10.6 Å². The molecule has 4 nitrogen and oxygen atoms in total. The summed E-state index contributed by atoms with van der Waals surface area (Å²) in [6.45, 7) is 0. The van der Waals surface area contributed by atoms with E-state index in [1.807, 2.05) is 0 Å². The third-order valence-electron chi connectivity index (χ3n) is 3.49. The second-order valence-corrected chi connectivity index (χ2v) is 5.90. The van der Waals surface area contributed by atoms with Crippen LogP contribution in [0, 0.1) is 0 Å². The first-order valence-electron chi connectivity index (χ1n) is 7.23. The fraction of sp³-hybridized carbons (Fsp3) is 0.250. The number of nitrogens with one attached hydrogen (secondary N) is 2. The second kappa shape index (κ2) is 6.32. The maximum absolute atomic E-state index is 12.8. The van der Waals surface area contributed by atoms with Crippen molar-refractivity contribution < 1.29 is 18.0 Å². The van der Waals surface area contributed by atoms with E-state index in [-0.39, 0.29) is 22.7 Å². The highest BCUT2D eigenvalue weighted by atomic mass is 35.5. The van der Waals surface area contributed by atoms with E-state index in [0.717, 1.165) is 25.0 Å². The fourth-order valence-corrected chi connectivity index (χ4v) is 2.20. The molecule has 1 aliphatic carbocycles. The van der Waals surface area contributed by atoms with Crippen LogP contribution < -0.4 is 10.6 Å². The van der Waals surface area contributed by atoms with Crippen molar-refractivity contribution >= 4 is 29.0 Å². The molecule has 8 heteroatoms. The summed E-state index contributed by atoms with van der Waals surface area (Å²) in [5.41, 5.74) is -0.327. The Hall–Kier alpha value is -2.28. The lowest BCUT2D eigenvalue weighted by atomic mass is 10.2. The Morgan fingerprint density at radius 2 is 1.96 bits per heavy atom. The molecule has 24 heavy (non-hydrogen) atoms. The van der Waals surface area contributed by atoms with E-state index in [1.165, 1.54) is 18.3 Å². The van der Waals surface area contributed by atoms with Crippen LogP contribution in [0.15, 0.2) is 36.5 Å². The normalized spacial score (nSPS) is 14.3. The number of pyridine rings is 1. The van der Waals surface area contributed by atoms with E-state index in [0.29, 0.717) is 11.4 Å². The fourth-order valence-electron chi connectivity index (χ4n) is 2.03. The van der Waals surface area contributed by atoms with E-state index >= 15 is 0 Å². The number of alkyl halides is 3. The molecule has 0 atom stereocenters. The maximum atomic E-state index is 12.8. The van der Waals surface area contributed by atoms with Crippen LogP contribution in [0.5, 0.6) is 0 Å². The highest BCUT2D eigenvalue weighted by Crippen LogP contribution is 2.34. The first-order valence-corrected chi connectivity index (χ1v) is 7.61. The number of halogens is 4. The molecule has 0 radical (unpaired) electrons. The second-order valence-electron chi connectivity index (χ2n) is 5.50. The van der Waals surface area contributed by atoms with Gasteiger partial charge >= 0.3 is 6.18 Å². The van der Waals surface area contributed by atoms with E-state index in [4.69, 9.17) is 11.6 Å². The molecule has 0 saturated heterocycles. The average Bonchev–Trinajstić information content (AvgIpc) is 3.33. The zero-order valence-corrected chi connectivity index (χ0v) is 13.1. The molecule has 1 saturated carbocycles. The van der Waals surface area contributed by atoms with Crippen molar-refractivity contribution in [3.8, 4) is 0 Å². The minimum atomic E-state index is -4.46. The van der Waals surface area contributed by atoms with E-state index in [1.54, 1.807) is 6.07 Å². The molecule has 1 aromatic heterocycles. The van der Waals surface area contributed by atoms with E-state index < -0.39 is 11.7 Å². The molecule has 0 bridgehead atoms. The average molecular weight is 356 g/mol. The monoisotopic (exact) mass is 355 g/mol. The summed E-state index contributed by atoms with van der Waals surface area (Å²) in [6, 6.07) is 6.29. The van der Waals surface area contributed by atoms with Crippen LogP contribution >= 0.6 is 11.6 Å². The third kappa shape index (κ3) is 3.97. The van der Waals surface area contributed by atoms with Crippen molar-refractivity contribution in [1.82, 2.24) is 10.3 Å². The Bertz CT molecular complexity index is 758. The molecular formula is C16H13ClF3N3O. The van der Waals surface area contributed by atoms with Crippen LogP contribution in [0.2, 0.25) is 5.02 Å². The van der Waals surface area contributed by atoms with Gasteiger partial charge in [0, 0.05) is 12.2 Å². The number of amides is 1. The number of nitrogens with zero attached hydrogens (tertiary/aromatic N) is 1. The summed E-state index contributed by atoms with van der Waals surface area (Å²) in [6.07, 6.45) is -1.14. The molecular weight excluding hydrogens is 343 g/mol. The van der Waals surface area contributed by atoms with Crippen LogP contribution in [0.1, 0.15) is 28.8 Å². The highest BCUT2D eigenvalue weighted by molar-refractivity contribution is 6.33. The number of hydrogen-bond donors (Lipinski definition) is 2. The maximum Gasteiger partial charge on any atom is 0.416 e. The van der Waals surface area contributed by atoms with Crippen LogP contribution in [0.3, 0.4) is 0 Å². The molecule has 1 aliphatic rings. The summed E-state index contributed by atoms with van der Waals surface area (Å²) in [5.74, 6) is 0.0767. The van der Waals surface area contributed by atoms with Gasteiger partial charge in [0.1, 0.15) is 5.82 Å². The molecule has 0 spiro atoms. The molecule has 126 valence electrons. The van der Waals surface area contributed by atoms with Crippen molar-refractivity contribution in [3.63, 3.8) is 0 Å². The predicted octanol–water partition coefficient (Wildman–Crippen LogP) is 4.39. The van der Waals surface area contributed by atoms with Gasteiger partial charge in [-0.25, -0.2) is 4.98 Å². The van der Waals surface area contributed by atoms with Crippen molar-refractivity contribution in [2.45, 2.75) is 25.1 Å². The quantitative estimate of drug-likeness (QED) is 0.855. The van der Waals surface area contributed by atoms with Crippen LogP contribution in [0.25, 0.3) is 0 Å². The van der Waals surface area contributed by atoms with Gasteiger partial charge in [-0.3, -0.25) is 4.79 Å². The van der Waals surface area contributed by atoms with Crippen LogP contribution in [-0.2, 0) is 6.18 Å². The largest absolute Gasteiger partial charge is 0.416 e. The zero-order valence-electron chi connectivity index (χ0n) is 12.3. The standard InChI is InChI=1S/C16H13ClF3N3O/c17-12-5-2-10(16(18,19)20)7-13(12)23-14-6-1-9(8-21-14)15(24)22-11-3-4-11/h1-2,5-8,11H,3-4H2,(H,21,23)(H,22,24). The van der Waals surface area contributed by atoms with Gasteiger partial charge in [0.05, 0.1) is 21.8 Å². The molecule has 2 N–H and O–H groups in total. The summed E-state index contributed by atoms with van der Waals surface area (Å²) in [7, 11) is 0. The topological polar surface area (TPSA) is 54.0 Å². The molecule has 3 rings (SSSR count). The molecule has 2 aromatic rings. The van der Waals surface area contributed by atoms with Gasteiger partial charge in [-0.15, -0.1) is 0 Å². The smallest absolute Gasteiger partial charge is 0.349 e. The number of aromatic nitrogens is 1. The van der Waals surface area contributed by atoms with Gasteiger partial charge in [0.15, 0.2) is 0 Å². The van der Waals surface area contributed by atoms with Gasteiger partial charge in [-0.2, -0.15) is 13.2 Å². The number of rotatable bonds is 4. The number of benzene rings is 1. The predicted molar refractivity (Wildman–Crippen MR) is 84.5 cm³/mol. The molecule has 1 fully saturated rings. The molecule has 1 heterocycles. The van der Waals surface area contributed by atoms with Gasteiger partial charge in [0.25, 0.3) is 5.91 Å². The van der Waals surface area contributed by atoms with Crippen molar-refractivity contribution in [3.05, 3.63) is 52.7 Å². The SMILES string of the molecule is O=C(NC1CC1)c1ccc(Nc2cc(C(F)(F)F)ccc2Cl)nc1. The minimum absolute atomic E-state index is 0.0918. The Labute approximate surface area is 141 Å². The first kappa shape index (κ1) is 16.6. The summed E-state index contributed by atoms with van der Waals surface area (Å²) in [5, 5.41) is 5.70. The number of carbonyl (C=O) groups excluding carboxylic acids is 1. The molecule has 1 amide bonds. The van der Waals surface area contributed by atoms with Crippen LogP contribution in [0.4, 0.5) is 24.7 Å². The molecule has 0 unspecified atom stereocenters. The summed E-state index contributed by atoms with van der Waals surface area (Å²) >= 11 is 5.92. The van der Waals surface area contributed by atoms with Gasteiger partial charge in [0.2, 0.25) is 0 Å². The van der Waals surface area contributed by atoms with E-state index in [9.17, 15) is 18.0 Å². The lowest BCUT2D eigenvalue weighted by molar-refractivity contribution is -0.137. The first-order chi connectivity index (χ1) is 11.3. The van der Waals surface area contributed by atoms with Gasteiger partial charge in [-0.05, 0) is 43.2 Å². The number of anilines is 2. The zero-order chi connectivity index (χ0) is 17.3.